The first kappa shape index (κ1) is 11.7. The van der Waals surface area contributed by atoms with E-state index in [1.165, 1.54) is 11.1 Å². The molecule has 1 aromatic heterocycles. The van der Waals surface area contributed by atoms with Gasteiger partial charge in [0.25, 0.3) is 0 Å². The van der Waals surface area contributed by atoms with E-state index in [2.05, 4.69) is 55.2 Å². The van der Waals surface area contributed by atoms with E-state index in [4.69, 9.17) is 5.73 Å². The molecular formula is C17H16N2. The molecule has 0 aliphatic heterocycles. The number of pyridine rings is 1. The van der Waals surface area contributed by atoms with Gasteiger partial charge in [0, 0.05) is 10.9 Å². The zero-order valence-electron chi connectivity index (χ0n) is 11.1. The van der Waals surface area contributed by atoms with Crippen LogP contribution in [0, 0.1) is 13.8 Å². The highest BCUT2D eigenvalue weighted by Gasteiger charge is 2.07. The van der Waals surface area contributed by atoms with Crippen molar-refractivity contribution in [2.75, 3.05) is 5.73 Å². The molecular weight excluding hydrogens is 232 g/mol. The van der Waals surface area contributed by atoms with E-state index in [1.807, 2.05) is 12.1 Å². The van der Waals surface area contributed by atoms with E-state index < -0.39 is 0 Å². The Kier molecular flexibility index (Phi) is 2.71. The number of rotatable bonds is 1. The van der Waals surface area contributed by atoms with E-state index in [-0.39, 0.29) is 0 Å². The van der Waals surface area contributed by atoms with E-state index in [0.717, 1.165) is 22.0 Å². The number of fused-ring (bicyclic) bond motifs is 1. The Bertz CT molecular complexity index is 760. The van der Waals surface area contributed by atoms with Crippen LogP contribution in [-0.4, -0.2) is 4.98 Å². The highest BCUT2D eigenvalue weighted by molar-refractivity contribution is 5.94. The molecule has 2 heteroatoms. The number of nitrogens with zero attached hydrogens (tertiary/aromatic N) is 1. The number of hydrogen-bond acceptors (Lipinski definition) is 2. The van der Waals surface area contributed by atoms with Gasteiger partial charge in [0.05, 0.1) is 5.69 Å². The van der Waals surface area contributed by atoms with Gasteiger partial charge in [-0.1, -0.05) is 42.0 Å². The maximum atomic E-state index is 6.10. The molecule has 94 valence electrons. The first-order chi connectivity index (χ1) is 9.15. The number of hydrogen-bond donors (Lipinski definition) is 1. The normalized spacial score (nSPS) is 10.8. The fourth-order valence-corrected chi connectivity index (χ4v) is 2.39. The molecule has 0 fully saturated rings. The van der Waals surface area contributed by atoms with Gasteiger partial charge in [0.15, 0.2) is 0 Å². The minimum atomic E-state index is 0.597. The standard InChI is InChI=1S/C17H16N2/c1-11-7-8-13-10-16(19-17(18)15(13)9-11)14-6-4-3-5-12(14)2/h3-10H,1-2H3,(H2,18,19). The first-order valence-corrected chi connectivity index (χ1v) is 6.38. The smallest absolute Gasteiger partial charge is 0.131 e. The van der Waals surface area contributed by atoms with Gasteiger partial charge in [-0.05, 0) is 36.9 Å². The quantitative estimate of drug-likeness (QED) is 0.704. The fourth-order valence-electron chi connectivity index (χ4n) is 2.39. The number of anilines is 1. The van der Waals surface area contributed by atoms with Gasteiger partial charge in [-0.3, -0.25) is 0 Å². The molecule has 3 aromatic rings. The fraction of sp³-hybridized carbons (Fsp3) is 0.118. The molecule has 2 N–H and O–H groups in total. The number of aromatic nitrogens is 1. The lowest BCUT2D eigenvalue weighted by molar-refractivity contribution is 1.33. The molecule has 0 aliphatic rings. The van der Waals surface area contributed by atoms with E-state index >= 15 is 0 Å². The van der Waals surface area contributed by atoms with Crippen LogP contribution in [0.1, 0.15) is 11.1 Å². The SMILES string of the molecule is Cc1ccc2cc(-c3ccccc3C)nc(N)c2c1. The minimum absolute atomic E-state index is 0.597. The van der Waals surface area contributed by atoms with Crippen molar-refractivity contribution in [3.63, 3.8) is 0 Å². The molecule has 19 heavy (non-hydrogen) atoms. The molecule has 0 atom stereocenters. The van der Waals surface area contributed by atoms with Crippen molar-refractivity contribution in [2.45, 2.75) is 13.8 Å². The van der Waals surface area contributed by atoms with Crippen molar-refractivity contribution in [2.24, 2.45) is 0 Å². The molecule has 1 heterocycles. The Balaban J connectivity index is 2.27. The molecule has 0 radical (unpaired) electrons. The predicted molar refractivity (Wildman–Crippen MR) is 81.1 cm³/mol. The maximum Gasteiger partial charge on any atom is 0.131 e. The van der Waals surface area contributed by atoms with Crippen molar-refractivity contribution in [3.8, 4) is 11.3 Å². The summed E-state index contributed by atoms with van der Waals surface area (Å²) in [6, 6.07) is 16.6. The molecule has 2 aromatic carbocycles. The average molecular weight is 248 g/mol. The summed E-state index contributed by atoms with van der Waals surface area (Å²) in [5.74, 6) is 0.597. The zero-order valence-corrected chi connectivity index (χ0v) is 11.1. The first-order valence-electron chi connectivity index (χ1n) is 6.38. The lowest BCUT2D eigenvalue weighted by Crippen LogP contribution is -1.95. The molecule has 3 rings (SSSR count). The molecule has 0 unspecified atom stereocenters. The van der Waals surface area contributed by atoms with Crippen LogP contribution in [0.15, 0.2) is 48.5 Å². The summed E-state index contributed by atoms with van der Waals surface area (Å²) in [5.41, 5.74) is 10.6. The molecule has 0 spiro atoms. The highest BCUT2D eigenvalue weighted by Crippen LogP contribution is 2.28. The van der Waals surface area contributed by atoms with Crippen molar-refractivity contribution in [1.82, 2.24) is 4.98 Å². The van der Waals surface area contributed by atoms with E-state index in [1.54, 1.807) is 0 Å². The van der Waals surface area contributed by atoms with E-state index in [0.29, 0.717) is 5.82 Å². The second-order valence-corrected chi connectivity index (χ2v) is 4.93. The van der Waals surface area contributed by atoms with Crippen molar-refractivity contribution in [1.29, 1.82) is 0 Å². The summed E-state index contributed by atoms with van der Waals surface area (Å²) in [6.07, 6.45) is 0. The van der Waals surface area contributed by atoms with Crippen LogP contribution < -0.4 is 5.73 Å². The molecule has 0 aliphatic carbocycles. The van der Waals surface area contributed by atoms with Gasteiger partial charge in [0.2, 0.25) is 0 Å². The third kappa shape index (κ3) is 2.06. The molecule has 0 bridgehead atoms. The summed E-state index contributed by atoms with van der Waals surface area (Å²) >= 11 is 0. The van der Waals surface area contributed by atoms with Crippen molar-refractivity contribution >= 4 is 16.6 Å². The molecule has 0 saturated carbocycles. The summed E-state index contributed by atoms with van der Waals surface area (Å²) < 4.78 is 0. The van der Waals surface area contributed by atoms with Crippen LogP contribution >= 0.6 is 0 Å². The van der Waals surface area contributed by atoms with Gasteiger partial charge in [0.1, 0.15) is 5.82 Å². The Morgan fingerprint density at radius 3 is 2.53 bits per heavy atom. The predicted octanol–water partition coefficient (Wildman–Crippen LogP) is 4.10. The van der Waals surface area contributed by atoms with Gasteiger partial charge in [-0.25, -0.2) is 4.98 Å². The average Bonchev–Trinajstić information content (AvgIpc) is 2.40. The van der Waals surface area contributed by atoms with Gasteiger partial charge >= 0.3 is 0 Å². The monoisotopic (exact) mass is 248 g/mol. The molecule has 0 saturated heterocycles. The van der Waals surface area contributed by atoms with Gasteiger partial charge in [-0.2, -0.15) is 0 Å². The van der Waals surface area contributed by atoms with Crippen LogP contribution in [0.25, 0.3) is 22.0 Å². The van der Waals surface area contributed by atoms with Gasteiger partial charge < -0.3 is 5.73 Å². The number of nitrogen functional groups attached to an aromatic ring is 1. The summed E-state index contributed by atoms with van der Waals surface area (Å²) in [5, 5.41) is 2.16. The van der Waals surface area contributed by atoms with Crippen LogP contribution in [0.5, 0.6) is 0 Å². The second-order valence-electron chi connectivity index (χ2n) is 4.93. The van der Waals surface area contributed by atoms with Crippen molar-refractivity contribution < 1.29 is 0 Å². The summed E-state index contributed by atoms with van der Waals surface area (Å²) in [6.45, 7) is 4.15. The number of nitrogens with two attached hydrogens (primary N) is 1. The topological polar surface area (TPSA) is 38.9 Å². The molecule has 2 nitrogen and oxygen atoms in total. The van der Waals surface area contributed by atoms with Crippen LogP contribution in [0.4, 0.5) is 5.82 Å². The third-order valence-electron chi connectivity index (χ3n) is 3.44. The van der Waals surface area contributed by atoms with Crippen LogP contribution in [0.2, 0.25) is 0 Å². The van der Waals surface area contributed by atoms with Crippen molar-refractivity contribution in [3.05, 3.63) is 59.7 Å². The second kappa shape index (κ2) is 4.39. The Labute approximate surface area is 112 Å². The van der Waals surface area contributed by atoms with E-state index in [9.17, 15) is 0 Å². The minimum Gasteiger partial charge on any atom is -0.383 e. The lowest BCUT2D eigenvalue weighted by atomic mass is 10.0. The zero-order chi connectivity index (χ0) is 13.4. The third-order valence-corrected chi connectivity index (χ3v) is 3.44. The maximum absolute atomic E-state index is 6.10. The Hall–Kier alpha value is -2.35. The van der Waals surface area contributed by atoms with Crippen LogP contribution in [0.3, 0.4) is 0 Å². The summed E-state index contributed by atoms with van der Waals surface area (Å²) in [4.78, 5) is 4.55. The Morgan fingerprint density at radius 1 is 0.947 bits per heavy atom. The van der Waals surface area contributed by atoms with Gasteiger partial charge in [-0.15, -0.1) is 0 Å². The van der Waals surface area contributed by atoms with Crippen LogP contribution in [-0.2, 0) is 0 Å². The lowest BCUT2D eigenvalue weighted by Gasteiger charge is -2.09. The highest BCUT2D eigenvalue weighted by atomic mass is 14.8. The summed E-state index contributed by atoms with van der Waals surface area (Å²) in [7, 11) is 0. The number of aryl methyl sites for hydroxylation is 2. The Morgan fingerprint density at radius 2 is 1.74 bits per heavy atom. The molecule has 0 amide bonds. The largest absolute Gasteiger partial charge is 0.383 e. The number of benzene rings is 2.